The van der Waals surface area contributed by atoms with Gasteiger partial charge in [0.1, 0.15) is 17.7 Å². The SMILES string of the molecule is COc1ccc(F)cc1C(O)CC1C=C(/C(C)=N/OC(C)C)C(=O)N(C[C@@H](CCCC(=O)c2cccs2)C(C)C)C(=O)C1. The average Bonchev–Trinajstić information content (AvgIpc) is 3.47. The first-order valence-electron chi connectivity index (χ1n) is 14.8. The summed E-state index contributed by atoms with van der Waals surface area (Å²) in [7, 11) is 1.44. The first kappa shape index (κ1) is 34.1. The number of nitrogens with zero attached hydrogens (tertiary/aromatic N) is 2. The van der Waals surface area contributed by atoms with Crippen LogP contribution in [0.15, 0.2) is 52.5 Å². The van der Waals surface area contributed by atoms with Gasteiger partial charge in [-0.15, -0.1) is 11.3 Å². The summed E-state index contributed by atoms with van der Waals surface area (Å²) in [5.74, 6) is -1.33. The predicted molar refractivity (Wildman–Crippen MR) is 166 cm³/mol. The van der Waals surface area contributed by atoms with Crippen molar-refractivity contribution < 1.29 is 33.5 Å². The molecule has 43 heavy (non-hydrogen) atoms. The summed E-state index contributed by atoms with van der Waals surface area (Å²) in [4.78, 5) is 47.5. The standard InChI is InChI=1S/C33H43FN2O6S/c1-20(2)24(9-7-10-28(37)31-11-8-14-43-31)19-36-32(39)17-23(15-26(33(36)40)22(5)35-42-21(3)4)16-29(38)27-18-25(34)12-13-30(27)41-6/h8,11-15,18,20-21,23-24,29,38H,7,9-10,16-17,19H2,1-6H3/b35-22+/t23?,24-,29?/m1/s1. The number of imide groups is 1. The number of benzene rings is 1. The van der Waals surface area contributed by atoms with Gasteiger partial charge in [0.05, 0.1) is 29.4 Å². The highest BCUT2D eigenvalue weighted by molar-refractivity contribution is 7.12. The van der Waals surface area contributed by atoms with E-state index in [2.05, 4.69) is 5.16 Å². The highest BCUT2D eigenvalue weighted by atomic mass is 32.1. The van der Waals surface area contributed by atoms with Gasteiger partial charge in [-0.05, 0) is 87.4 Å². The number of rotatable bonds is 15. The molecule has 0 radical (unpaired) electrons. The van der Waals surface area contributed by atoms with Crippen LogP contribution in [0.5, 0.6) is 5.75 Å². The number of Topliss-reactive ketones (excluding diaryl/α,β-unsaturated/α-hetero) is 1. The lowest BCUT2D eigenvalue weighted by Crippen LogP contribution is -2.42. The fraction of sp³-hybridized carbons (Fsp3) is 0.515. The lowest BCUT2D eigenvalue weighted by atomic mass is 9.89. The Morgan fingerprint density at radius 1 is 1.21 bits per heavy atom. The third-order valence-corrected chi connectivity index (χ3v) is 8.53. The van der Waals surface area contributed by atoms with Gasteiger partial charge in [-0.2, -0.15) is 0 Å². The summed E-state index contributed by atoms with van der Waals surface area (Å²) < 4.78 is 19.3. The molecule has 2 unspecified atom stereocenters. The van der Waals surface area contributed by atoms with Gasteiger partial charge in [0.25, 0.3) is 5.91 Å². The molecule has 234 valence electrons. The molecule has 2 heterocycles. The summed E-state index contributed by atoms with van der Waals surface area (Å²) in [6.45, 7) is 9.58. The van der Waals surface area contributed by atoms with E-state index in [1.165, 1.54) is 41.5 Å². The molecule has 1 aromatic heterocycles. The van der Waals surface area contributed by atoms with Gasteiger partial charge in [-0.1, -0.05) is 31.1 Å². The van der Waals surface area contributed by atoms with E-state index in [-0.39, 0.29) is 60.2 Å². The van der Waals surface area contributed by atoms with Crippen molar-refractivity contribution in [2.75, 3.05) is 13.7 Å². The minimum Gasteiger partial charge on any atom is -0.496 e. The van der Waals surface area contributed by atoms with Gasteiger partial charge in [0, 0.05) is 24.9 Å². The number of allylic oxidation sites excluding steroid dienone is 1. The zero-order valence-electron chi connectivity index (χ0n) is 25.8. The van der Waals surface area contributed by atoms with Crippen LogP contribution in [0.3, 0.4) is 0 Å². The normalized spacial score (nSPS) is 17.6. The largest absolute Gasteiger partial charge is 0.496 e. The van der Waals surface area contributed by atoms with Crippen LogP contribution in [0.25, 0.3) is 0 Å². The van der Waals surface area contributed by atoms with Crippen LogP contribution in [0.1, 0.15) is 88.1 Å². The topological polar surface area (TPSA) is 106 Å². The zero-order valence-corrected chi connectivity index (χ0v) is 26.7. The molecular weight excluding hydrogens is 571 g/mol. The number of ether oxygens (including phenoxy) is 1. The third-order valence-electron chi connectivity index (χ3n) is 7.62. The summed E-state index contributed by atoms with van der Waals surface area (Å²) in [6.07, 6.45) is 2.07. The minimum absolute atomic E-state index is 0.0202. The van der Waals surface area contributed by atoms with Gasteiger partial charge in [0.15, 0.2) is 5.78 Å². The molecule has 0 fully saturated rings. The van der Waals surface area contributed by atoms with E-state index in [1.54, 1.807) is 13.0 Å². The number of methoxy groups -OCH3 is 1. The maximum absolute atomic E-state index is 14.0. The number of hydrogen-bond donors (Lipinski definition) is 1. The Morgan fingerprint density at radius 2 is 1.95 bits per heavy atom. The van der Waals surface area contributed by atoms with Gasteiger partial charge in [-0.25, -0.2) is 4.39 Å². The molecule has 1 aliphatic heterocycles. The lowest BCUT2D eigenvalue weighted by molar-refractivity contribution is -0.143. The van der Waals surface area contributed by atoms with Crippen LogP contribution in [-0.2, 0) is 14.4 Å². The smallest absolute Gasteiger partial charge is 0.262 e. The Balaban J connectivity index is 1.84. The number of aliphatic hydroxyl groups excluding tert-OH is 1. The zero-order chi connectivity index (χ0) is 31.7. The van der Waals surface area contributed by atoms with E-state index >= 15 is 0 Å². The molecule has 1 aromatic carbocycles. The third kappa shape index (κ3) is 9.56. The molecular formula is C33H43FN2O6S. The minimum atomic E-state index is -1.14. The highest BCUT2D eigenvalue weighted by Crippen LogP contribution is 2.34. The van der Waals surface area contributed by atoms with Crippen LogP contribution in [0, 0.1) is 23.6 Å². The molecule has 0 aliphatic carbocycles. The van der Waals surface area contributed by atoms with Crippen LogP contribution in [-0.4, -0.2) is 53.1 Å². The Labute approximate surface area is 257 Å². The molecule has 2 amide bonds. The van der Waals surface area contributed by atoms with Crippen molar-refractivity contribution in [1.82, 2.24) is 4.90 Å². The summed E-state index contributed by atoms with van der Waals surface area (Å²) in [5.41, 5.74) is 0.817. The second-order valence-corrected chi connectivity index (χ2v) is 12.6. The Bertz CT molecular complexity index is 1320. The molecule has 0 saturated heterocycles. The number of hydrogen-bond acceptors (Lipinski definition) is 8. The maximum atomic E-state index is 14.0. The van der Waals surface area contributed by atoms with E-state index in [9.17, 15) is 23.9 Å². The fourth-order valence-electron chi connectivity index (χ4n) is 5.14. The molecule has 1 N–H and O–H groups in total. The van der Waals surface area contributed by atoms with Crippen molar-refractivity contribution in [2.45, 2.75) is 78.9 Å². The molecule has 2 aromatic rings. The second-order valence-electron chi connectivity index (χ2n) is 11.6. The van der Waals surface area contributed by atoms with Crippen molar-refractivity contribution >= 4 is 34.6 Å². The average molecular weight is 615 g/mol. The summed E-state index contributed by atoms with van der Waals surface area (Å²) >= 11 is 1.42. The number of amides is 2. The quantitative estimate of drug-likeness (QED) is 0.103. The molecule has 0 bridgehead atoms. The van der Waals surface area contributed by atoms with Crippen LogP contribution < -0.4 is 4.74 Å². The molecule has 3 rings (SSSR count). The van der Waals surface area contributed by atoms with Crippen molar-refractivity contribution in [3.8, 4) is 5.75 Å². The molecule has 1 aliphatic rings. The van der Waals surface area contributed by atoms with E-state index < -0.39 is 23.7 Å². The van der Waals surface area contributed by atoms with Crippen molar-refractivity contribution in [2.24, 2.45) is 22.9 Å². The number of ketones is 1. The number of aliphatic hydroxyl groups is 1. The van der Waals surface area contributed by atoms with Crippen LogP contribution >= 0.6 is 11.3 Å². The maximum Gasteiger partial charge on any atom is 0.262 e. The number of halogens is 1. The summed E-state index contributed by atoms with van der Waals surface area (Å²) in [5, 5.41) is 17.1. The highest BCUT2D eigenvalue weighted by Gasteiger charge is 2.35. The van der Waals surface area contributed by atoms with E-state index in [4.69, 9.17) is 9.57 Å². The summed E-state index contributed by atoms with van der Waals surface area (Å²) in [6, 6.07) is 7.58. The fourth-order valence-corrected chi connectivity index (χ4v) is 5.83. The van der Waals surface area contributed by atoms with Gasteiger partial charge < -0.3 is 14.7 Å². The van der Waals surface area contributed by atoms with E-state index in [1.807, 2.05) is 45.2 Å². The number of oxime groups is 1. The number of carbonyl (C=O) groups is 3. The monoisotopic (exact) mass is 614 g/mol. The second kappa shape index (κ2) is 15.9. The van der Waals surface area contributed by atoms with Gasteiger partial charge in [-0.3, -0.25) is 19.3 Å². The van der Waals surface area contributed by atoms with Crippen molar-refractivity contribution in [3.63, 3.8) is 0 Å². The first-order valence-corrected chi connectivity index (χ1v) is 15.6. The first-order chi connectivity index (χ1) is 20.4. The van der Waals surface area contributed by atoms with Gasteiger partial charge >= 0.3 is 0 Å². The van der Waals surface area contributed by atoms with Crippen LogP contribution in [0.4, 0.5) is 4.39 Å². The van der Waals surface area contributed by atoms with Crippen molar-refractivity contribution in [3.05, 3.63) is 63.6 Å². The van der Waals surface area contributed by atoms with Crippen molar-refractivity contribution in [1.29, 1.82) is 0 Å². The van der Waals surface area contributed by atoms with E-state index in [0.717, 1.165) is 4.88 Å². The Morgan fingerprint density at radius 3 is 2.58 bits per heavy atom. The molecule has 10 heteroatoms. The lowest BCUT2D eigenvalue weighted by Gasteiger charge is -2.28. The van der Waals surface area contributed by atoms with E-state index in [0.29, 0.717) is 30.7 Å². The number of carbonyl (C=O) groups excluding carboxylic acids is 3. The molecule has 8 nitrogen and oxygen atoms in total. The Kier molecular flexibility index (Phi) is 12.6. The van der Waals surface area contributed by atoms with Crippen LogP contribution in [0.2, 0.25) is 0 Å². The van der Waals surface area contributed by atoms with Gasteiger partial charge in [0.2, 0.25) is 5.91 Å². The number of thiophene rings is 1. The Hall–Kier alpha value is -3.37. The molecule has 3 atom stereocenters. The predicted octanol–water partition coefficient (Wildman–Crippen LogP) is 6.75. The molecule has 0 saturated carbocycles. The molecule has 0 spiro atoms.